The molecule has 13 heteroatoms. The molecule has 2 aromatic heterocycles. The van der Waals surface area contributed by atoms with Gasteiger partial charge in [0.1, 0.15) is 5.00 Å². The summed E-state index contributed by atoms with van der Waals surface area (Å²) in [6.45, 7) is 4.47. The number of hydrogen-bond acceptors (Lipinski definition) is 9. The zero-order valence-electron chi connectivity index (χ0n) is 21.1. The molecule has 2 heterocycles. The second-order valence-corrected chi connectivity index (χ2v) is 11.7. The fourth-order valence-electron chi connectivity index (χ4n) is 4.35. The van der Waals surface area contributed by atoms with Crippen LogP contribution in [0.4, 0.5) is 10.7 Å². The third-order valence-corrected chi connectivity index (χ3v) is 9.19. The zero-order valence-corrected chi connectivity index (χ0v) is 23.6. The molecule has 0 unspecified atom stereocenters. The lowest BCUT2D eigenvalue weighted by Crippen LogP contribution is -2.19. The number of non-ortho nitro benzene ring substituents is 1. The Morgan fingerprint density at radius 3 is 2.68 bits per heavy atom. The summed E-state index contributed by atoms with van der Waals surface area (Å²) in [6.07, 6.45) is 4.85. The predicted molar refractivity (Wildman–Crippen MR) is 150 cm³/mol. The number of nitrogens with one attached hydrogen (secondary N) is 1. The quantitative estimate of drug-likeness (QED) is 0.165. The number of carbonyl (C=O) groups is 3. The van der Waals surface area contributed by atoms with Crippen molar-refractivity contribution in [3.8, 4) is 0 Å². The maximum Gasteiger partial charge on any atom is 0.341 e. The van der Waals surface area contributed by atoms with Gasteiger partial charge in [-0.1, -0.05) is 17.8 Å². The van der Waals surface area contributed by atoms with E-state index in [1.54, 1.807) is 13.0 Å². The number of esters is 1. The summed E-state index contributed by atoms with van der Waals surface area (Å²) >= 11 is 3.79. The molecule has 0 aliphatic heterocycles. The van der Waals surface area contributed by atoms with E-state index < -0.39 is 16.8 Å². The van der Waals surface area contributed by atoms with Gasteiger partial charge in [0.25, 0.3) is 11.6 Å². The molecule has 10 nitrogen and oxygen atoms in total. The van der Waals surface area contributed by atoms with Crippen LogP contribution in [0.5, 0.6) is 0 Å². The number of nitro groups is 1. The van der Waals surface area contributed by atoms with Crippen LogP contribution < -0.4 is 10.1 Å². The number of aromatic nitrogens is 1. The number of nitro benzene ring substituents is 1. The number of thiophene rings is 1. The van der Waals surface area contributed by atoms with Gasteiger partial charge >= 0.3 is 5.97 Å². The molecule has 202 valence electrons. The van der Waals surface area contributed by atoms with Gasteiger partial charge in [-0.15, -0.1) is 23.1 Å². The van der Waals surface area contributed by atoms with Crippen LogP contribution in [0.25, 0.3) is 10.2 Å². The van der Waals surface area contributed by atoms with Gasteiger partial charge in [-0.05, 0) is 51.2 Å². The number of fused-ring (bicyclic) bond motifs is 2. The van der Waals surface area contributed by atoms with Crippen LogP contribution in [0.1, 0.15) is 53.9 Å². The number of ether oxygens (including phenoxy) is 1. The summed E-state index contributed by atoms with van der Waals surface area (Å²) in [5, 5.41) is 14.5. The molecule has 3 aromatic rings. The van der Waals surface area contributed by atoms with Crippen molar-refractivity contribution in [2.75, 3.05) is 23.4 Å². The van der Waals surface area contributed by atoms with Crippen molar-refractivity contribution in [1.82, 2.24) is 4.57 Å². The number of rotatable bonds is 9. The number of aryl methyl sites for hydroxylation is 2. The van der Waals surface area contributed by atoms with Crippen LogP contribution in [0.15, 0.2) is 23.2 Å². The third kappa shape index (κ3) is 6.33. The molecular formula is C25H28N4O6S3. The lowest BCUT2D eigenvalue weighted by Gasteiger charge is -2.08. The number of benzene rings is 1. The minimum Gasteiger partial charge on any atom is -0.462 e. The first-order valence-corrected chi connectivity index (χ1v) is 15.2. The highest BCUT2D eigenvalue weighted by Gasteiger charge is 2.26. The standard InChI is InChI=1S/C25H28N4O6S3/c1-3-28-17-11-10-15(29(33)34)12-19(17)38-25(28)27-21(31)14-36-13-20(30)26-23-22(24(32)35-4-2)16-8-6-5-7-9-18(16)37-23/h10-12H,3-9,13-14H2,1-2H3,(H,26,30). The van der Waals surface area contributed by atoms with Crippen molar-refractivity contribution >= 4 is 73.1 Å². The van der Waals surface area contributed by atoms with Gasteiger partial charge in [0.2, 0.25) is 5.91 Å². The van der Waals surface area contributed by atoms with Gasteiger partial charge in [0, 0.05) is 23.6 Å². The van der Waals surface area contributed by atoms with E-state index in [2.05, 4.69) is 10.3 Å². The van der Waals surface area contributed by atoms with E-state index in [0.717, 1.165) is 59.8 Å². The monoisotopic (exact) mass is 576 g/mol. The Balaban J connectivity index is 1.42. The molecule has 0 spiro atoms. The lowest BCUT2D eigenvalue weighted by atomic mass is 10.1. The van der Waals surface area contributed by atoms with E-state index in [-0.39, 0.29) is 29.7 Å². The largest absolute Gasteiger partial charge is 0.462 e. The van der Waals surface area contributed by atoms with Crippen molar-refractivity contribution in [3.05, 3.63) is 49.1 Å². The van der Waals surface area contributed by atoms with Crippen LogP contribution in [0.2, 0.25) is 0 Å². The van der Waals surface area contributed by atoms with Crippen molar-refractivity contribution in [1.29, 1.82) is 0 Å². The maximum absolute atomic E-state index is 12.7. The van der Waals surface area contributed by atoms with Crippen molar-refractivity contribution < 1.29 is 24.0 Å². The number of nitrogens with zero attached hydrogens (tertiary/aromatic N) is 3. The number of carbonyl (C=O) groups excluding carboxylic acids is 3. The second kappa shape index (κ2) is 12.7. The number of thiazole rings is 1. The van der Waals surface area contributed by atoms with Gasteiger partial charge in [-0.3, -0.25) is 19.7 Å². The highest BCUT2D eigenvalue weighted by molar-refractivity contribution is 8.00. The minimum atomic E-state index is -0.457. The molecule has 1 aliphatic carbocycles. The second-order valence-electron chi connectivity index (χ2n) is 8.57. The molecule has 0 saturated heterocycles. The highest BCUT2D eigenvalue weighted by Crippen LogP contribution is 2.38. The van der Waals surface area contributed by atoms with E-state index in [1.807, 2.05) is 11.5 Å². The number of hydrogen-bond donors (Lipinski definition) is 1. The van der Waals surface area contributed by atoms with Crippen molar-refractivity contribution in [2.45, 2.75) is 52.5 Å². The molecule has 0 bridgehead atoms. The van der Waals surface area contributed by atoms with Crippen LogP contribution in [-0.2, 0) is 33.7 Å². The molecule has 0 atom stereocenters. The Kier molecular flexibility index (Phi) is 9.34. The normalized spacial score (nSPS) is 13.7. The van der Waals surface area contributed by atoms with Gasteiger partial charge in [-0.25, -0.2) is 4.79 Å². The Morgan fingerprint density at radius 1 is 1.16 bits per heavy atom. The summed E-state index contributed by atoms with van der Waals surface area (Å²) in [5.41, 5.74) is 2.20. The number of thioether (sulfide) groups is 1. The molecule has 1 aromatic carbocycles. The van der Waals surface area contributed by atoms with Crippen molar-refractivity contribution in [3.63, 3.8) is 0 Å². The van der Waals surface area contributed by atoms with E-state index in [0.29, 0.717) is 26.6 Å². The van der Waals surface area contributed by atoms with Gasteiger partial charge in [0.05, 0.1) is 38.8 Å². The average molecular weight is 577 g/mol. The Bertz CT molecular complexity index is 1460. The molecule has 0 saturated carbocycles. The van der Waals surface area contributed by atoms with Crippen LogP contribution >= 0.6 is 34.4 Å². The van der Waals surface area contributed by atoms with Gasteiger partial charge < -0.3 is 14.6 Å². The molecule has 4 rings (SSSR count). The minimum absolute atomic E-state index is 0.00278. The predicted octanol–water partition coefficient (Wildman–Crippen LogP) is 4.94. The Morgan fingerprint density at radius 2 is 1.95 bits per heavy atom. The number of amides is 2. The van der Waals surface area contributed by atoms with E-state index in [9.17, 15) is 24.5 Å². The maximum atomic E-state index is 12.7. The zero-order chi connectivity index (χ0) is 27.2. The Hall–Kier alpha value is -3.03. The molecule has 2 amide bonds. The van der Waals surface area contributed by atoms with E-state index in [1.165, 1.54) is 34.8 Å². The highest BCUT2D eigenvalue weighted by atomic mass is 32.2. The van der Waals surface area contributed by atoms with Crippen LogP contribution in [0.3, 0.4) is 0 Å². The third-order valence-electron chi connectivity index (χ3n) is 6.03. The average Bonchev–Trinajstić information content (AvgIpc) is 3.30. The lowest BCUT2D eigenvalue weighted by molar-refractivity contribution is -0.384. The van der Waals surface area contributed by atoms with Crippen LogP contribution in [0, 0.1) is 10.1 Å². The molecule has 0 radical (unpaired) electrons. The molecular weight excluding hydrogens is 548 g/mol. The summed E-state index contributed by atoms with van der Waals surface area (Å²) in [5.74, 6) is -1.10. The topological polar surface area (TPSA) is 133 Å². The molecule has 1 aliphatic rings. The van der Waals surface area contributed by atoms with E-state index >= 15 is 0 Å². The SMILES string of the molecule is CCOC(=O)c1c(NC(=O)CSCC(=O)N=c2sc3cc([N+](=O)[O-])ccc3n2CC)sc2c1CCCCC2. The van der Waals surface area contributed by atoms with Crippen molar-refractivity contribution in [2.24, 2.45) is 4.99 Å². The van der Waals surface area contributed by atoms with Gasteiger partial charge in [0.15, 0.2) is 4.80 Å². The molecule has 1 N–H and O–H groups in total. The van der Waals surface area contributed by atoms with Gasteiger partial charge in [-0.2, -0.15) is 4.99 Å². The summed E-state index contributed by atoms with van der Waals surface area (Å²) in [7, 11) is 0. The number of anilines is 1. The summed E-state index contributed by atoms with van der Waals surface area (Å²) in [4.78, 5) is 54.3. The first-order valence-electron chi connectivity index (χ1n) is 12.4. The molecule has 0 fully saturated rings. The Labute approximate surface area is 231 Å². The van der Waals surface area contributed by atoms with Crippen LogP contribution in [-0.4, -0.2) is 45.4 Å². The fourth-order valence-corrected chi connectivity index (χ4v) is 7.39. The van der Waals surface area contributed by atoms with E-state index in [4.69, 9.17) is 4.74 Å². The fraction of sp³-hybridized carbons (Fsp3) is 0.440. The first kappa shape index (κ1) is 28.0. The summed E-state index contributed by atoms with van der Waals surface area (Å²) < 4.78 is 7.77. The summed E-state index contributed by atoms with van der Waals surface area (Å²) in [6, 6.07) is 4.56. The molecule has 38 heavy (non-hydrogen) atoms. The smallest absolute Gasteiger partial charge is 0.341 e. The first-order chi connectivity index (χ1) is 18.3.